The first-order valence-electron chi connectivity index (χ1n) is 8.27. The quantitative estimate of drug-likeness (QED) is 0.773. The van der Waals surface area contributed by atoms with Crippen molar-refractivity contribution < 1.29 is 19.1 Å². The molecular formula is C17H25N3O4. The van der Waals surface area contributed by atoms with Crippen LogP contribution in [0.4, 0.5) is 5.69 Å². The van der Waals surface area contributed by atoms with Gasteiger partial charge in [0.05, 0.1) is 6.61 Å². The van der Waals surface area contributed by atoms with Gasteiger partial charge in [0.2, 0.25) is 0 Å². The monoisotopic (exact) mass is 335 g/mol. The van der Waals surface area contributed by atoms with Crippen molar-refractivity contribution in [2.45, 2.75) is 20.0 Å². The highest BCUT2D eigenvalue weighted by Crippen LogP contribution is 2.18. The summed E-state index contributed by atoms with van der Waals surface area (Å²) in [4.78, 5) is 25.8. The molecule has 0 radical (unpaired) electrons. The molecule has 24 heavy (non-hydrogen) atoms. The number of anilines is 1. The minimum atomic E-state index is -0.493. The Hall–Kier alpha value is -2.12. The maximum Gasteiger partial charge on any atom is 0.260 e. The van der Waals surface area contributed by atoms with Gasteiger partial charge in [-0.25, -0.2) is 0 Å². The Morgan fingerprint density at radius 1 is 1.38 bits per heavy atom. The Kier molecular flexibility index (Phi) is 7.02. The molecule has 1 aromatic carbocycles. The Bertz CT molecular complexity index is 555. The molecule has 0 spiro atoms. The second-order valence-corrected chi connectivity index (χ2v) is 5.44. The van der Waals surface area contributed by atoms with Crippen LogP contribution < -0.4 is 15.4 Å². The van der Waals surface area contributed by atoms with E-state index in [4.69, 9.17) is 9.47 Å². The van der Waals surface area contributed by atoms with E-state index in [-0.39, 0.29) is 18.4 Å². The molecule has 0 bridgehead atoms. The third-order valence-electron chi connectivity index (χ3n) is 3.80. The summed E-state index contributed by atoms with van der Waals surface area (Å²) in [5.41, 5.74) is 0.613. The number of ether oxygens (including phenoxy) is 2. The Labute approximate surface area is 142 Å². The number of morpholine rings is 1. The maximum absolute atomic E-state index is 12.1. The zero-order valence-corrected chi connectivity index (χ0v) is 14.2. The molecule has 1 aromatic rings. The van der Waals surface area contributed by atoms with Crippen LogP contribution in [0.1, 0.15) is 13.8 Å². The summed E-state index contributed by atoms with van der Waals surface area (Å²) >= 11 is 0. The van der Waals surface area contributed by atoms with E-state index in [9.17, 15) is 9.59 Å². The summed E-state index contributed by atoms with van der Waals surface area (Å²) in [6, 6.07) is 6.99. The van der Waals surface area contributed by atoms with Crippen molar-refractivity contribution in [2.24, 2.45) is 0 Å². The highest BCUT2D eigenvalue weighted by atomic mass is 16.5. The number of rotatable bonds is 7. The average Bonchev–Trinajstić information content (AvgIpc) is 2.62. The summed E-state index contributed by atoms with van der Waals surface area (Å²) in [6.07, 6.45) is -0.493. The fourth-order valence-corrected chi connectivity index (χ4v) is 2.43. The van der Waals surface area contributed by atoms with Gasteiger partial charge in [-0.05, 0) is 26.0 Å². The predicted octanol–water partition coefficient (Wildman–Crippen LogP) is 0.861. The summed E-state index contributed by atoms with van der Waals surface area (Å²) in [7, 11) is 0. The molecule has 0 aliphatic carbocycles. The number of amides is 2. The van der Waals surface area contributed by atoms with E-state index in [0.29, 0.717) is 37.7 Å². The second kappa shape index (κ2) is 9.24. The third-order valence-corrected chi connectivity index (χ3v) is 3.80. The fraction of sp³-hybridized carbons (Fsp3) is 0.529. The highest BCUT2D eigenvalue weighted by Gasteiger charge is 2.21. The predicted molar refractivity (Wildman–Crippen MR) is 91.1 cm³/mol. The number of carbonyl (C=O) groups excluding carboxylic acids is 2. The van der Waals surface area contributed by atoms with Crippen LogP contribution in [0, 0.1) is 0 Å². The number of hydrogen-bond acceptors (Lipinski definition) is 5. The molecule has 2 rings (SSSR count). The van der Waals surface area contributed by atoms with Crippen molar-refractivity contribution >= 4 is 17.5 Å². The van der Waals surface area contributed by atoms with Crippen LogP contribution in [0.2, 0.25) is 0 Å². The summed E-state index contributed by atoms with van der Waals surface area (Å²) in [5.74, 6) is 0.283. The van der Waals surface area contributed by atoms with Crippen LogP contribution in [-0.2, 0) is 14.3 Å². The number of nitrogens with one attached hydrogen (secondary N) is 2. The third kappa shape index (κ3) is 5.21. The number of nitrogens with zero attached hydrogens (tertiary/aromatic N) is 1. The van der Waals surface area contributed by atoms with E-state index in [0.717, 1.165) is 6.54 Å². The van der Waals surface area contributed by atoms with Gasteiger partial charge in [-0.15, -0.1) is 0 Å². The van der Waals surface area contributed by atoms with Crippen molar-refractivity contribution in [3.05, 3.63) is 24.3 Å². The molecule has 1 heterocycles. The van der Waals surface area contributed by atoms with Crippen molar-refractivity contribution in [1.82, 2.24) is 10.2 Å². The lowest BCUT2D eigenvalue weighted by atomic mass is 10.2. The minimum absolute atomic E-state index is 0.0191. The number of likely N-dealkylation sites (N-methyl/N-ethyl adjacent to an activating group) is 1. The zero-order chi connectivity index (χ0) is 17.4. The van der Waals surface area contributed by atoms with Crippen LogP contribution in [0.25, 0.3) is 0 Å². The molecule has 2 N–H and O–H groups in total. The van der Waals surface area contributed by atoms with Crippen LogP contribution >= 0.6 is 0 Å². The number of benzene rings is 1. The van der Waals surface area contributed by atoms with Crippen molar-refractivity contribution in [3.63, 3.8) is 0 Å². The van der Waals surface area contributed by atoms with Crippen molar-refractivity contribution in [2.75, 3.05) is 44.7 Å². The minimum Gasteiger partial charge on any atom is -0.484 e. The van der Waals surface area contributed by atoms with Crippen molar-refractivity contribution in [3.8, 4) is 5.75 Å². The molecule has 7 heteroatoms. The standard InChI is InChI=1S/C17H25N3O4/c1-3-20(4-2)16(21)12-24-14-7-5-6-13(10-14)19-17(22)15-11-18-8-9-23-15/h5-7,10,15,18H,3-4,8-9,11-12H2,1-2H3,(H,19,22). The topological polar surface area (TPSA) is 79.9 Å². The van der Waals surface area contributed by atoms with Gasteiger partial charge >= 0.3 is 0 Å². The van der Waals surface area contributed by atoms with Gasteiger partial charge in [0.25, 0.3) is 11.8 Å². The van der Waals surface area contributed by atoms with E-state index in [1.807, 2.05) is 13.8 Å². The smallest absolute Gasteiger partial charge is 0.260 e. The number of hydrogen-bond donors (Lipinski definition) is 2. The van der Waals surface area contributed by atoms with Crippen LogP contribution in [0.15, 0.2) is 24.3 Å². The van der Waals surface area contributed by atoms with E-state index in [1.165, 1.54) is 0 Å². The Balaban J connectivity index is 1.88. The SMILES string of the molecule is CCN(CC)C(=O)COc1cccc(NC(=O)C2CNCCO2)c1. The van der Waals surface area contributed by atoms with E-state index in [1.54, 1.807) is 29.2 Å². The first kappa shape index (κ1) is 18.2. The average molecular weight is 335 g/mol. The lowest BCUT2D eigenvalue weighted by Gasteiger charge is -2.22. The molecule has 1 unspecified atom stereocenters. The Morgan fingerprint density at radius 3 is 2.83 bits per heavy atom. The highest BCUT2D eigenvalue weighted by molar-refractivity contribution is 5.94. The van der Waals surface area contributed by atoms with Gasteiger partial charge in [-0.2, -0.15) is 0 Å². The molecule has 1 fully saturated rings. The zero-order valence-electron chi connectivity index (χ0n) is 14.2. The molecule has 1 aliphatic heterocycles. The Morgan fingerprint density at radius 2 is 2.17 bits per heavy atom. The summed E-state index contributed by atoms with van der Waals surface area (Å²) < 4.78 is 11.0. The van der Waals surface area contributed by atoms with Gasteiger partial charge < -0.3 is 25.0 Å². The molecule has 1 aliphatic rings. The largest absolute Gasteiger partial charge is 0.484 e. The van der Waals surface area contributed by atoms with Gasteiger partial charge in [0.1, 0.15) is 11.9 Å². The molecule has 132 valence electrons. The first-order valence-corrected chi connectivity index (χ1v) is 8.27. The molecular weight excluding hydrogens is 310 g/mol. The molecule has 0 saturated carbocycles. The molecule has 7 nitrogen and oxygen atoms in total. The molecule has 1 atom stereocenters. The molecule has 0 aromatic heterocycles. The first-order chi connectivity index (χ1) is 11.6. The van der Waals surface area contributed by atoms with Crippen LogP contribution in [-0.4, -0.2) is 62.2 Å². The van der Waals surface area contributed by atoms with E-state index < -0.39 is 6.10 Å². The van der Waals surface area contributed by atoms with Gasteiger partial charge in [-0.1, -0.05) is 6.07 Å². The lowest BCUT2D eigenvalue weighted by Crippen LogP contribution is -2.45. The maximum atomic E-state index is 12.1. The number of carbonyl (C=O) groups is 2. The summed E-state index contributed by atoms with van der Waals surface area (Å²) in [6.45, 7) is 6.94. The van der Waals surface area contributed by atoms with Crippen molar-refractivity contribution in [1.29, 1.82) is 0 Å². The summed E-state index contributed by atoms with van der Waals surface area (Å²) in [5, 5.41) is 5.92. The van der Waals surface area contributed by atoms with Crippen LogP contribution in [0.5, 0.6) is 5.75 Å². The van der Waals surface area contributed by atoms with Crippen LogP contribution in [0.3, 0.4) is 0 Å². The molecule has 2 amide bonds. The fourth-order valence-electron chi connectivity index (χ4n) is 2.43. The molecule has 1 saturated heterocycles. The normalized spacial score (nSPS) is 17.2. The van der Waals surface area contributed by atoms with Gasteiger partial charge in [0, 0.05) is 37.9 Å². The lowest BCUT2D eigenvalue weighted by molar-refractivity contribution is -0.133. The second-order valence-electron chi connectivity index (χ2n) is 5.44. The van der Waals surface area contributed by atoms with Gasteiger partial charge in [-0.3, -0.25) is 9.59 Å². The van der Waals surface area contributed by atoms with E-state index >= 15 is 0 Å². The van der Waals surface area contributed by atoms with Gasteiger partial charge in [0.15, 0.2) is 6.61 Å². The van der Waals surface area contributed by atoms with E-state index in [2.05, 4.69) is 10.6 Å².